The number of ether oxygens (including phenoxy) is 1. The molecule has 1 amide bonds. The summed E-state index contributed by atoms with van der Waals surface area (Å²) in [5, 5.41) is 3.25. The summed E-state index contributed by atoms with van der Waals surface area (Å²) in [7, 11) is 0. The number of hydrogen-bond donors (Lipinski definition) is 1. The maximum absolute atomic E-state index is 14.0. The minimum absolute atomic E-state index is 0.0908. The molecule has 34 heavy (non-hydrogen) atoms. The Morgan fingerprint density at radius 3 is 2.65 bits per heavy atom. The summed E-state index contributed by atoms with van der Waals surface area (Å²) in [6, 6.07) is 12.8. The molecule has 6 heteroatoms. The summed E-state index contributed by atoms with van der Waals surface area (Å²) >= 11 is 1.47. The van der Waals surface area contributed by atoms with Crippen LogP contribution in [0.15, 0.2) is 48.7 Å². The van der Waals surface area contributed by atoms with Gasteiger partial charge in [-0.3, -0.25) is 9.78 Å². The Morgan fingerprint density at radius 2 is 1.91 bits per heavy atom. The predicted octanol–water partition coefficient (Wildman–Crippen LogP) is 7.10. The van der Waals surface area contributed by atoms with Crippen molar-refractivity contribution in [2.24, 2.45) is 0 Å². The molecule has 0 aliphatic carbocycles. The van der Waals surface area contributed by atoms with Gasteiger partial charge >= 0.3 is 0 Å². The number of hydrogen-bond acceptors (Lipinski definition) is 4. The van der Waals surface area contributed by atoms with E-state index >= 15 is 0 Å². The Balaban J connectivity index is 1.61. The molecule has 0 spiro atoms. The molecule has 1 aliphatic rings. The van der Waals surface area contributed by atoms with Gasteiger partial charge in [0.05, 0.1) is 27.7 Å². The molecule has 1 atom stereocenters. The monoisotopic (exact) mass is 474 g/mol. The molecule has 3 heterocycles. The van der Waals surface area contributed by atoms with Crippen LogP contribution in [0.1, 0.15) is 64.2 Å². The van der Waals surface area contributed by atoms with Gasteiger partial charge in [-0.15, -0.1) is 11.3 Å². The van der Waals surface area contributed by atoms with Gasteiger partial charge < -0.3 is 10.1 Å². The SMILES string of the molecule is Cc1cc(F)cc(C)c1-c1ccnc2c(C(C)C)c(C(=O)NC3CCOc4ccccc43)sc12. The average Bonchev–Trinajstić information content (AvgIpc) is 3.20. The third-order valence-electron chi connectivity index (χ3n) is 6.42. The number of pyridine rings is 1. The number of nitrogens with zero attached hydrogens (tertiary/aromatic N) is 1. The van der Waals surface area contributed by atoms with Crippen molar-refractivity contribution in [3.05, 3.63) is 81.6 Å². The van der Waals surface area contributed by atoms with Crippen molar-refractivity contribution in [3.8, 4) is 16.9 Å². The van der Waals surface area contributed by atoms with Crippen LogP contribution in [-0.4, -0.2) is 17.5 Å². The number of amides is 1. The molecule has 2 aromatic heterocycles. The number of rotatable bonds is 4. The highest BCUT2D eigenvalue weighted by molar-refractivity contribution is 7.21. The lowest BCUT2D eigenvalue weighted by Crippen LogP contribution is -2.32. The van der Waals surface area contributed by atoms with Crippen LogP contribution >= 0.6 is 11.3 Å². The lowest BCUT2D eigenvalue weighted by Gasteiger charge is -2.26. The fourth-order valence-electron chi connectivity index (χ4n) is 4.96. The fourth-order valence-corrected chi connectivity index (χ4v) is 6.30. The summed E-state index contributed by atoms with van der Waals surface area (Å²) < 4.78 is 20.7. The lowest BCUT2D eigenvalue weighted by molar-refractivity contribution is 0.0928. The zero-order valence-electron chi connectivity index (χ0n) is 19.7. The van der Waals surface area contributed by atoms with Gasteiger partial charge in [0, 0.05) is 29.3 Å². The first-order valence-corrected chi connectivity index (χ1v) is 12.4. The van der Waals surface area contributed by atoms with Gasteiger partial charge in [-0.1, -0.05) is 32.0 Å². The maximum atomic E-state index is 14.0. The van der Waals surface area contributed by atoms with Gasteiger partial charge in [0.25, 0.3) is 5.91 Å². The van der Waals surface area contributed by atoms with Crippen LogP contribution in [-0.2, 0) is 0 Å². The van der Waals surface area contributed by atoms with Crippen molar-refractivity contribution in [2.75, 3.05) is 6.61 Å². The predicted molar refractivity (Wildman–Crippen MR) is 135 cm³/mol. The highest BCUT2D eigenvalue weighted by Crippen LogP contribution is 2.42. The average molecular weight is 475 g/mol. The number of carbonyl (C=O) groups excluding carboxylic acids is 1. The first-order chi connectivity index (χ1) is 16.3. The number of thiophene rings is 1. The first-order valence-electron chi connectivity index (χ1n) is 11.6. The molecule has 1 unspecified atom stereocenters. The third-order valence-corrected chi connectivity index (χ3v) is 7.65. The summed E-state index contributed by atoms with van der Waals surface area (Å²) in [4.78, 5) is 19.0. The van der Waals surface area contributed by atoms with Gasteiger partial charge in [0.2, 0.25) is 0 Å². The van der Waals surface area contributed by atoms with Crippen molar-refractivity contribution in [2.45, 2.75) is 46.1 Å². The zero-order chi connectivity index (χ0) is 24.0. The standard InChI is InChI=1S/C28H27FN2O2S/c1-15(2)23-25-26(20(9-11-30-25)24-16(3)13-18(29)14-17(24)4)34-27(23)28(32)31-21-10-12-33-22-8-6-5-7-19(21)22/h5-9,11,13-15,21H,10,12H2,1-4H3,(H,31,32). The van der Waals surface area contributed by atoms with Crippen molar-refractivity contribution in [1.82, 2.24) is 10.3 Å². The Bertz CT molecular complexity index is 1390. The molecule has 0 bridgehead atoms. The van der Waals surface area contributed by atoms with Crippen LogP contribution in [0.2, 0.25) is 0 Å². The van der Waals surface area contributed by atoms with Crippen molar-refractivity contribution in [1.29, 1.82) is 0 Å². The van der Waals surface area contributed by atoms with Crippen molar-refractivity contribution >= 4 is 27.5 Å². The third kappa shape index (κ3) is 3.86. The molecule has 0 radical (unpaired) electrons. The van der Waals surface area contributed by atoms with Gasteiger partial charge in [-0.2, -0.15) is 0 Å². The number of fused-ring (bicyclic) bond motifs is 2. The highest BCUT2D eigenvalue weighted by Gasteiger charge is 2.28. The number of nitrogens with one attached hydrogen (secondary N) is 1. The Kier molecular flexibility index (Phi) is 5.86. The van der Waals surface area contributed by atoms with Crippen LogP contribution in [0.4, 0.5) is 4.39 Å². The molecule has 2 aromatic carbocycles. The summed E-state index contributed by atoms with van der Waals surface area (Å²) in [5.41, 5.74) is 6.53. The Morgan fingerprint density at radius 1 is 1.18 bits per heavy atom. The van der Waals surface area contributed by atoms with E-state index in [2.05, 4.69) is 24.1 Å². The number of aryl methyl sites for hydroxylation is 2. The van der Waals surface area contributed by atoms with Gasteiger partial charge in [0.15, 0.2) is 0 Å². The molecule has 4 nitrogen and oxygen atoms in total. The van der Waals surface area contributed by atoms with Gasteiger partial charge in [0.1, 0.15) is 11.6 Å². The van der Waals surface area contributed by atoms with Crippen molar-refractivity contribution < 1.29 is 13.9 Å². The molecule has 0 saturated carbocycles. The minimum atomic E-state index is -0.241. The van der Waals surface area contributed by atoms with E-state index in [9.17, 15) is 9.18 Å². The fraction of sp³-hybridized carbons (Fsp3) is 0.286. The second-order valence-electron chi connectivity index (χ2n) is 9.15. The molecule has 1 N–H and O–H groups in total. The maximum Gasteiger partial charge on any atom is 0.262 e. The van der Waals surface area contributed by atoms with Crippen LogP contribution in [0.25, 0.3) is 21.3 Å². The first kappa shape index (κ1) is 22.5. The number of halogens is 1. The second kappa shape index (κ2) is 8.84. The molecular formula is C28H27FN2O2S. The van der Waals surface area contributed by atoms with Crippen molar-refractivity contribution in [3.63, 3.8) is 0 Å². The van der Waals surface area contributed by atoms with E-state index in [1.165, 1.54) is 11.3 Å². The topological polar surface area (TPSA) is 51.2 Å². The summed E-state index contributed by atoms with van der Waals surface area (Å²) in [5.74, 6) is 0.613. The van der Waals surface area contributed by atoms with Crippen LogP contribution in [0.3, 0.4) is 0 Å². The smallest absolute Gasteiger partial charge is 0.262 e. The highest BCUT2D eigenvalue weighted by atomic mass is 32.1. The molecule has 4 aromatic rings. The van der Waals surface area contributed by atoms with E-state index in [-0.39, 0.29) is 23.7 Å². The molecule has 5 rings (SSSR count). The molecule has 174 valence electrons. The van der Waals surface area contributed by atoms with E-state index in [0.29, 0.717) is 11.5 Å². The Labute approximate surface area is 202 Å². The summed E-state index contributed by atoms with van der Waals surface area (Å²) in [6.07, 6.45) is 2.51. The normalized spacial score (nSPS) is 15.3. The number of benzene rings is 2. The summed E-state index contributed by atoms with van der Waals surface area (Å²) in [6.45, 7) is 8.59. The Hall–Kier alpha value is -3.25. The lowest BCUT2D eigenvalue weighted by atomic mass is 9.94. The van der Waals surface area contributed by atoms with E-state index in [1.807, 2.05) is 44.2 Å². The van der Waals surface area contributed by atoms with Crippen LogP contribution < -0.4 is 10.1 Å². The minimum Gasteiger partial charge on any atom is -0.493 e. The zero-order valence-corrected chi connectivity index (χ0v) is 20.6. The number of carbonyl (C=O) groups is 1. The van der Waals surface area contributed by atoms with Crippen LogP contribution in [0.5, 0.6) is 5.75 Å². The molecule has 0 fully saturated rings. The molecule has 0 saturated heterocycles. The largest absolute Gasteiger partial charge is 0.493 e. The van der Waals surface area contributed by atoms with E-state index in [4.69, 9.17) is 4.74 Å². The van der Waals surface area contributed by atoms with E-state index in [1.54, 1.807) is 18.3 Å². The molecular weight excluding hydrogens is 447 g/mol. The van der Waals surface area contributed by atoms with Crippen LogP contribution in [0, 0.1) is 19.7 Å². The van der Waals surface area contributed by atoms with E-state index in [0.717, 1.165) is 55.8 Å². The quantitative estimate of drug-likeness (QED) is 0.343. The number of para-hydroxylation sites is 1. The van der Waals surface area contributed by atoms with Gasteiger partial charge in [-0.25, -0.2) is 4.39 Å². The number of aromatic nitrogens is 1. The second-order valence-corrected chi connectivity index (χ2v) is 10.2. The molecule has 1 aliphatic heterocycles. The van der Waals surface area contributed by atoms with Gasteiger partial charge in [-0.05, 0) is 60.7 Å². The van der Waals surface area contributed by atoms with E-state index < -0.39 is 0 Å².